The van der Waals surface area contributed by atoms with E-state index in [1.54, 1.807) is 12.4 Å². The molecule has 1 aliphatic rings. The minimum absolute atomic E-state index is 0.135. The molecule has 24 heavy (non-hydrogen) atoms. The molecule has 1 N–H and O–H groups in total. The number of aromatic nitrogens is 2. The molecule has 1 fully saturated rings. The van der Waals surface area contributed by atoms with Gasteiger partial charge in [0.25, 0.3) is 0 Å². The predicted molar refractivity (Wildman–Crippen MR) is 90.5 cm³/mol. The molecule has 0 radical (unpaired) electrons. The van der Waals surface area contributed by atoms with E-state index in [4.69, 9.17) is 0 Å². The van der Waals surface area contributed by atoms with Crippen molar-refractivity contribution in [2.45, 2.75) is 38.6 Å². The molecule has 0 saturated heterocycles. The fourth-order valence-electron chi connectivity index (χ4n) is 3.20. The summed E-state index contributed by atoms with van der Waals surface area (Å²) in [6.45, 7) is 1.94. The number of nitrogens with zero attached hydrogens (tertiary/aromatic N) is 3. The molecule has 5 heteroatoms. The van der Waals surface area contributed by atoms with Crippen LogP contribution in [-0.2, 0) is 4.79 Å². The summed E-state index contributed by atoms with van der Waals surface area (Å²) in [5.74, 6) is -0.143. The van der Waals surface area contributed by atoms with E-state index in [0.29, 0.717) is 12.8 Å². The van der Waals surface area contributed by atoms with Gasteiger partial charge in [-0.3, -0.25) is 4.79 Å². The Bertz CT molecular complexity index is 743. The van der Waals surface area contributed by atoms with Gasteiger partial charge in [-0.1, -0.05) is 37.1 Å². The molecule has 0 spiro atoms. The third-order valence-electron chi connectivity index (χ3n) is 4.76. The average Bonchev–Trinajstić information content (AvgIpc) is 3.13. The van der Waals surface area contributed by atoms with Crippen molar-refractivity contribution in [2.75, 3.05) is 0 Å². The zero-order chi connectivity index (χ0) is 17.0. The summed E-state index contributed by atoms with van der Waals surface area (Å²) < 4.78 is 0. The van der Waals surface area contributed by atoms with E-state index in [0.717, 1.165) is 29.5 Å². The Labute approximate surface area is 141 Å². The van der Waals surface area contributed by atoms with Crippen LogP contribution in [0, 0.1) is 16.7 Å². The topological polar surface area (TPSA) is 78.7 Å². The molecule has 1 atom stereocenters. The summed E-state index contributed by atoms with van der Waals surface area (Å²) in [4.78, 5) is 20.6. The van der Waals surface area contributed by atoms with E-state index in [-0.39, 0.29) is 11.9 Å². The van der Waals surface area contributed by atoms with Gasteiger partial charge in [0, 0.05) is 18.0 Å². The quantitative estimate of drug-likeness (QED) is 0.936. The molecule has 1 aliphatic carbocycles. The zero-order valence-electron chi connectivity index (χ0n) is 13.7. The van der Waals surface area contributed by atoms with Crippen LogP contribution in [0.4, 0.5) is 0 Å². The van der Waals surface area contributed by atoms with E-state index in [1.165, 1.54) is 6.33 Å². The third kappa shape index (κ3) is 3.13. The molecule has 0 bridgehead atoms. The Hall–Kier alpha value is -2.74. The standard InChI is InChI=1S/C19H20N4O/c1-14(23-18(24)19(12-20)8-2-3-9-19)15-4-6-16(7-5-15)17-10-21-13-22-11-17/h4-7,10-11,13-14H,2-3,8-9H2,1H3,(H,23,24)/t14-/m1/s1. The van der Waals surface area contributed by atoms with Crippen molar-refractivity contribution in [3.05, 3.63) is 48.5 Å². The molecule has 1 heterocycles. The second-order valence-corrected chi connectivity index (χ2v) is 6.35. The van der Waals surface area contributed by atoms with Gasteiger partial charge in [0.15, 0.2) is 0 Å². The smallest absolute Gasteiger partial charge is 0.240 e. The van der Waals surface area contributed by atoms with Gasteiger partial charge < -0.3 is 5.32 Å². The van der Waals surface area contributed by atoms with Gasteiger partial charge in [0.1, 0.15) is 11.7 Å². The zero-order valence-corrected chi connectivity index (χ0v) is 13.7. The fourth-order valence-corrected chi connectivity index (χ4v) is 3.20. The Kier molecular flexibility index (Phi) is 4.57. The maximum atomic E-state index is 12.5. The highest BCUT2D eigenvalue weighted by Crippen LogP contribution is 2.38. The van der Waals surface area contributed by atoms with Crippen LogP contribution in [0.1, 0.15) is 44.2 Å². The number of amides is 1. The SMILES string of the molecule is C[C@@H](NC(=O)C1(C#N)CCCC1)c1ccc(-c2cncnc2)cc1. The number of nitriles is 1. The maximum Gasteiger partial charge on any atom is 0.240 e. The van der Waals surface area contributed by atoms with Crippen molar-refractivity contribution in [1.29, 1.82) is 5.26 Å². The van der Waals surface area contributed by atoms with Gasteiger partial charge in [-0.05, 0) is 30.9 Å². The lowest BCUT2D eigenvalue weighted by atomic mass is 9.86. The lowest BCUT2D eigenvalue weighted by molar-refractivity contribution is -0.128. The van der Waals surface area contributed by atoms with Crippen molar-refractivity contribution >= 4 is 5.91 Å². The van der Waals surface area contributed by atoms with Crippen LogP contribution in [0.5, 0.6) is 0 Å². The molecule has 1 saturated carbocycles. The minimum atomic E-state index is -0.838. The Morgan fingerprint density at radius 2 is 1.79 bits per heavy atom. The van der Waals surface area contributed by atoms with Crippen molar-refractivity contribution in [1.82, 2.24) is 15.3 Å². The first-order valence-corrected chi connectivity index (χ1v) is 8.22. The normalized spacial score (nSPS) is 17.0. The summed E-state index contributed by atoms with van der Waals surface area (Å²) in [6, 6.07) is 10.1. The van der Waals surface area contributed by atoms with Crippen molar-refractivity contribution in [3.8, 4) is 17.2 Å². The van der Waals surface area contributed by atoms with Gasteiger partial charge in [0.2, 0.25) is 5.91 Å². The van der Waals surface area contributed by atoms with Crippen LogP contribution < -0.4 is 5.32 Å². The average molecular weight is 320 g/mol. The molecule has 2 aromatic rings. The summed E-state index contributed by atoms with van der Waals surface area (Å²) in [6.07, 6.45) is 8.26. The van der Waals surface area contributed by atoms with E-state index in [2.05, 4.69) is 21.4 Å². The summed E-state index contributed by atoms with van der Waals surface area (Å²) in [7, 11) is 0. The van der Waals surface area contributed by atoms with Gasteiger partial charge in [0.05, 0.1) is 12.1 Å². The van der Waals surface area contributed by atoms with Crippen molar-refractivity contribution in [2.24, 2.45) is 5.41 Å². The van der Waals surface area contributed by atoms with Crippen LogP contribution >= 0.6 is 0 Å². The van der Waals surface area contributed by atoms with Gasteiger partial charge in [-0.25, -0.2) is 9.97 Å². The molecule has 0 aliphatic heterocycles. The third-order valence-corrected chi connectivity index (χ3v) is 4.76. The highest BCUT2D eigenvalue weighted by molar-refractivity contribution is 5.86. The first-order chi connectivity index (χ1) is 11.6. The van der Waals surface area contributed by atoms with Crippen LogP contribution in [0.25, 0.3) is 11.1 Å². The Balaban J connectivity index is 1.70. The number of benzene rings is 1. The fraction of sp³-hybridized carbons (Fsp3) is 0.368. The number of nitrogens with one attached hydrogen (secondary N) is 1. The highest BCUT2D eigenvalue weighted by atomic mass is 16.2. The summed E-state index contributed by atoms with van der Waals surface area (Å²) in [5.41, 5.74) is 2.16. The van der Waals surface area contributed by atoms with Gasteiger partial charge in [-0.15, -0.1) is 0 Å². The monoisotopic (exact) mass is 320 g/mol. The van der Waals surface area contributed by atoms with Gasteiger partial charge in [-0.2, -0.15) is 5.26 Å². The second-order valence-electron chi connectivity index (χ2n) is 6.35. The van der Waals surface area contributed by atoms with E-state index in [1.807, 2.05) is 31.2 Å². The Morgan fingerprint density at radius 1 is 1.17 bits per heavy atom. The van der Waals surface area contributed by atoms with Crippen LogP contribution in [0.15, 0.2) is 43.0 Å². The molecule has 1 aromatic carbocycles. The molecular weight excluding hydrogens is 300 g/mol. The van der Waals surface area contributed by atoms with Crippen LogP contribution in [0.3, 0.4) is 0 Å². The lowest BCUT2D eigenvalue weighted by Crippen LogP contribution is -2.39. The number of rotatable bonds is 4. The summed E-state index contributed by atoms with van der Waals surface area (Å²) in [5, 5.41) is 12.4. The maximum absolute atomic E-state index is 12.5. The van der Waals surface area contributed by atoms with Crippen molar-refractivity contribution < 1.29 is 4.79 Å². The van der Waals surface area contributed by atoms with Crippen LogP contribution in [0.2, 0.25) is 0 Å². The summed E-state index contributed by atoms with van der Waals surface area (Å²) >= 11 is 0. The van der Waals surface area contributed by atoms with E-state index >= 15 is 0 Å². The highest BCUT2D eigenvalue weighted by Gasteiger charge is 2.41. The molecular formula is C19H20N4O. The predicted octanol–water partition coefficient (Wildman–Crippen LogP) is 3.40. The van der Waals surface area contributed by atoms with E-state index in [9.17, 15) is 10.1 Å². The molecule has 5 nitrogen and oxygen atoms in total. The number of hydrogen-bond acceptors (Lipinski definition) is 4. The largest absolute Gasteiger partial charge is 0.348 e. The van der Waals surface area contributed by atoms with Crippen molar-refractivity contribution in [3.63, 3.8) is 0 Å². The van der Waals surface area contributed by atoms with Crippen LogP contribution in [-0.4, -0.2) is 15.9 Å². The number of carbonyl (C=O) groups is 1. The first-order valence-electron chi connectivity index (χ1n) is 8.22. The second kappa shape index (κ2) is 6.79. The molecule has 3 rings (SSSR count). The number of carbonyl (C=O) groups excluding carboxylic acids is 1. The van der Waals surface area contributed by atoms with E-state index < -0.39 is 5.41 Å². The molecule has 1 amide bonds. The first kappa shape index (κ1) is 16.1. The molecule has 1 aromatic heterocycles. The lowest BCUT2D eigenvalue weighted by Gasteiger charge is -2.23. The molecule has 122 valence electrons. The minimum Gasteiger partial charge on any atom is -0.348 e. The van der Waals surface area contributed by atoms with Gasteiger partial charge >= 0.3 is 0 Å². The number of hydrogen-bond donors (Lipinski definition) is 1. The molecule has 0 unspecified atom stereocenters. The Morgan fingerprint density at radius 3 is 2.38 bits per heavy atom.